The van der Waals surface area contributed by atoms with Crippen LogP contribution in [0.3, 0.4) is 0 Å². The lowest BCUT2D eigenvalue weighted by Gasteiger charge is -2.34. The number of nitrogens with zero attached hydrogens (tertiary/aromatic N) is 2. The molecule has 0 radical (unpaired) electrons. The van der Waals surface area contributed by atoms with Crippen LogP contribution in [0, 0.1) is 0 Å². The molecule has 0 bridgehead atoms. The molecule has 0 saturated carbocycles. The van der Waals surface area contributed by atoms with Gasteiger partial charge in [-0.15, -0.1) is 0 Å². The van der Waals surface area contributed by atoms with Crippen molar-refractivity contribution in [3.63, 3.8) is 0 Å². The van der Waals surface area contributed by atoms with Crippen molar-refractivity contribution in [2.45, 2.75) is 5.41 Å². The third kappa shape index (κ3) is 7.08. The molecule has 0 N–H and O–H groups in total. The molecule has 1 heterocycles. The fourth-order valence-electron chi connectivity index (χ4n) is 10.3. The summed E-state index contributed by atoms with van der Waals surface area (Å²) in [6.45, 7) is 0. The summed E-state index contributed by atoms with van der Waals surface area (Å²) in [4.78, 5) is 10.8. The number of aromatic nitrogens is 2. The van der Waals surface area contributed by atoms with Crippen molar-refractivity contribution in [1.82, 2.24) is 9.97 Å². The lowest BCUT2D eigenvalue weighted by atomic mass is 9.67. The van der Waals surface area contributed by atoms with Gasteiger partial charge in [0.1, 0.15) is 0 Å². The highest BCUT2D eigenvalue weighted by Crippen LogP contribution is 2.57. The molecule has 0 spiro atoms. The van der Waals surface area contributed by atoms with Gasteiger partial charge in [-0.2, -0.15) is 0 Å². The molecule has 0 aliphatic heterocycles. The molecular weight excluding hydrogens is 809 g/mol. The third-order valence-electron chi connectivity index (χ3n) is 13.4. The largest absolute Gasteiger partial charge is 0.228 e. The van der Waals surface area contributed by atoms with Gasteiger partial charge in [0, 0.05) is 16.7 Å². The second-order valence-electron chi connectivity index (χ2n) is 17.2. The van der Waals surface area contributed by atoms with Gasteiger partial charge >= 0.3 is 0 Å². The smallest absolute Gasteiger partial charge is 0.160 e. The second kappa shape index (κ2) is 17.0. The molecule has 0 unspecified atom stereocenters. The summed E-state index contributed by atoms with van der Waals surface area (Å²) in [6.07, 6.45) is 0. The molecular formula is C65H44N2. The van der Waals surface area contributed by atoms with E-state index in [1.54, 1.807) is 0 Å². The summed E-state index contributed by atoms with van der Waals surface area (Å²) in [5, 5.41) is 0. The van der Waals surface area contributed by atoms with Crippen molar-refractivity contribution in [1.29, 1.82) is 0 Å². The Labute approximate surface area is 392 Å². The van der Waals surface area contributed by atoms with Gasteiger partial charge in [-0.25, -0.2) is 9.97 Å². The number of fused-ring (bicyclic) bond motifs is 3. The van der Waals surface area contributed by atoms with Crippen LogP contribution in [0.4, 0.5) is 0 Å². The molecule has 1 aliphatic rings. The second-order valence-corrected chi connectivity index (χ2v) is 17.2. The Morgan fingerprint density at radius 2 is 0.657 bits per heavy atom. The van der Waals surface area contributed by atoms with Crippen LogP contribution >= 0.6 is 0 Å². The van der Waals surface area contributed by atoms with Gasteiger partial charge in [0.05, 0.1) is 16.8 Å². The summed E-state index contributed by atoms with van der Waals surface area (Å²) in [7, 11) is 0. The number of benzene rings is 10. The Morgan fingerprint density at radius 1 is 0.239 bits per heavy atom. The van der Waals surface area contributed by atoms with Crippen molar-refractivity contribution >= 4 is 0 Å². The van der Waals surface area contributed by atoms with Crippen LogP contribution in [-0.4, -0.2) is 9.97 Å². The minimum atomic E-state index is -0.489. The molecule has 2 nitrogen and oxygen atoms in total. The molecule has 12 rings (SSSR count). The molecule has 0 saturated heterocycles. The van der Waals surface area contributed by atoms with Crippen LogP contribution < -0.4 is 0 Å². The van der Waals surface area contributed by atoms with Crippen molar-refractivity contribution in [3.05, 3.63) is 289 Å². The van der Waals surface area contributed by atoms with Gasteiger partial charge < -0.3 is 0 Å². The lowest BCUT2D eigenvalue weighted by molar-refractivity contribution is 0.768. The summed E-state index contributed by atoms with van der Waals surface area (Å²) in [5.41, 5.74) is 20.9. The maximum absolute atomic E-state index is 5.48. The SMILES string of the molecule is c1ccc(-c2ccc(-c3cc(-c4cc(-c5ccccc5)cc(-c5ccc6c(c5)-c5ccccc5C6(c5ccccc5)c5ccccc5)c4-c4ccccc4)nc(-c4ccccc4)n3)cc2)cc1. The molecule has 0 fully saturated rings. The fraction of sp³-hybridized carbons (Fsp3) is 0.0154. The Balaban J connectivity index is 1.12. The lowest BCUT2D eigenvalue weighted by Crippen LogP contribution is -2.28. The van der Waals surface area contributed by atoms with E-state index < -0.39 is 5.41 Å². The Bertz CT molecular complexity index is 3480. The third-order valence-corrected chi connectivity index (χ3v) is 13.4. The van der Waals surface area contributed by atoms with E-state index in [4.69, 9.17) is 9.97 Å². The van der Waals surface area contributed by atoms with Crippen molar-refractivity contribution in [3.8, 4) is 89.5 Å². The number of rotatable bonds is 9. The van der Waals surface area contributed by atoms with Crippen LogP contribution in [0.1, 0.15) is 22.3 Å². The molecule has 0 atom stereocenters. The first-order chi connectivity index (χ1) is 33.2. The van der Waals surface area contributed by atoms with Crippen LogP contribution in [0.15, 0.2) is 267 Å². The van der Waals surface area contributed by atoms with Crippen LogP contribution in [0.5, 0.6) is 0 Å². The van der Waals surface area contributed by atoms with Gasteiger partial charge in [-0.1, -0.05) is 243 Å². The van der Waals surface area contributed by atoms with Crippen molar-refractivity contribution in [2.24, 2.45) is 0 Å². The Morgan fingerprint density at radius 3 is 1.27 bits per heavy atom. The van der Waals surface area contributed by atoms with E-state index in [1.807, 2.05) is 6.07 Å². The first-order valence-electron chi connectivity index (χ1n) is 23.0. The molecule has 2 heteroatoms. The van der Waals surface area contributed by atoms with Crippen molar-refractivity contribution in [2.75, 3.05) is 0 Å². The van der Waals surface area contributed by atoms with Crippen LogP contribution in [0.2, 0.25) is 0 Å². The van der Waals surface area contributed by atoms with Gasteiger partial charge in [0.2, 0.25) is 0 Å². The van der Waals surface area contributed by atoms with E-state index in [-0.39, 0.29) is 0 Å². The van der Waals surface area contributed by atoms with E-state index in [2.05, 4.69) is 261 Å². The normalized spacial score (nSPS) is 12.3. The molecule has 1 aromatic heterocycles. The van der Waals surface area contributed by atoms with E-state index in [1.165, 1.54) is 38.9 Å². The maximum atomic E-state index is 5.48. The molecule has 67 heavy (non-hydrogen) atoms. The molecule has 11 aromatic rings. The van der Waals surface area contributed by atoms with Gasteiger partial charge in [0.15, 0.2) is 5.82 Å². The van der Waals surface area contributed by atoms with Gasteiger partial charge in [-0.3, -0.25) is 0 Å². The molecule has 314 valence electrons. The zero-order valence-corrected chi connectivity index (χ0v) is 36.8. The zero-order chi connectivity index (χ0) is 44.6. The maximum Gasteiger partial charge on any atom is 0.160 e. The first-order valence-corrected chi connectivity index (χ1v) is 23.0. The topological polar surface area (TPSA) is 25.8 Å². The summed E-state index contributed by atoms with van der Waals surface area (Å²) in [5.74, 6) is 0.679. The highest BCUT2D eigenvalue weighted by Gasteiger charge is 2.46. The van der Waals surface area contributed by atoms with Gasteiger partial charge in [-0.05, 0) is 102 Å². The van der Waals surface area contributed by atoms with E-state index in [9.17, 15) is 0 Å². The average Bonchev–Trinajstić information content (AvgIpc) is 3.72. The van der Waals surface area contributed by atoms with E-state index in [0.717, 1.165) is 67.0 Å². The summed E-state index contributed by atoms with van der Waals surface area (Å²) >= 11 is 0. The number of hydrogen-bond acceptors (Lipinski definition) is 2. The highest BCUT2D eigenvalue weighted by atomic mass is 14.9. The van der Waals surface area contributed by atoms with E-state index in [0.29, 0.717) is 5.82 Å². The standard InChI is InChI=1S/C65H44N2/c1-7-21-45(22-8-1)47-35-37-48(38-36-47)61-44-62(67-64(66-61)50-27-13-4-14-28-50)58-43-52(46-23-9-2-10-24-46)42-56(63(58)49-25-11-3-12-26-49)51-39-40-60-57(41-51)55-33-19-20-34-59(55)65(60,53-29-15-5-16-30-53)54-31-17-6-18-32-54/h1-44H. The molecule has 0 amide bonds. The highest BCUT2D eigenvalue weighted by molar-refractivity contribution is 5.99. The van der Waals surface area contributed by atoms with Crippen molar-refractivity contribution < 1.29 is 0 Å². The Hall–Kier alpha value is -8.72. The molecule has 10 aromatic carbocycles. The Kier molecular flexibility index (Phi) is 10.1. The minimum absolute atomic E-state index is 0.489. The number of hydrogen-bond donors (Lipinski definition) is 0. The van der Waals surface area contributed by atoms with Crippen LogP contribution in [-0.2, 0) is 5.41 Å². The summed E-state index contributed by atoms with van der Waals surface area (Å²) in [6, 6.07) is 96.2. The first kappa shape index (κ1) is 39.8. The predicted molar refractivity (Wildman–Crippen MR) is 277 cm³/mol. The minimum Gasteiger partial charge on any atom is -0.228 e. The quantitative estimate of drug-likeness (QED) is 0.145. The van der Waals surface area contributed by atoms with Gasteiger partial charge in [0.25, 0.3) is 0 Å². The average molecular weight is 853 g/mol. The van der Waals surface area contributed by atoms with Crippen LogP contribution in [0.25, 0.3) is 89.5 Å². The molecule has 1 aliphatic carbocycles. The monoisotopic (exact) mass is 852 g/mol. The summed E-state index contributed by atoms with van der Waals surface area (Å²) < 4.78 is 0. The predicted octanol–water partition coefficient (Wildman–Crippen LogP) is 16.5. The zero-order valence-electron chi connectivity index (χ0n) is 36.8. The van der Waals surface area contributed by atoms with E-state index >= 15 is 0 Å². The fourth-order valence-corrected chi connectivity index (χ4v) is 10.3.